The van der Waals surface area contributed by atoms with Crippen molar-refractivity contribution in [2.75, 3.05) is 0 Å². The van der Waals surface area contributed by atoms with E-state index in [1.807, 2.05) is 13.8 Å². The van der Waals surface area contributed by atoms with E-state index >= 15 is 0 Å². The Balaban J connectivity index is 0.000000345. The lowest BCUT2D eigenvalue weighted by molar-refractivity contribution is -0.192. The number of aromatic nitrogens is 5. The summed E-state index contributed by atoms with van der Waals surface area (Å²) in [5, 5.41) is 12.3. The molecule has 3 aromatic heterocycles. The molecular formula is C15H15F3N6O3S. The van der Waals surface area contributed by atoms with Crippen LogP contribution in [0.2, 0.25) is 0 Å². The fourth-order valence-corrected chi connectivity index (χ4v) is 2.59. The van der Waals surface area contributed by atoms with Gasteiger partial charge in [0.2, 0.25) is 0 Å². The lowest BCUT2D eigenvalue weighted by Gasteiger charge is -1.99. The third kappa shape index (κ3) is 5.64. The van der Waals surface area contributed by atoms with Gasteiger partial charge in [0.15, 0.2) is 10.8 Å². The number of aryl methyl sites for hydroxylation is 2. The van der Waals surface area contributed by atoms with E-state index in [0.29, 0.717) is 23.1 Å². The number of carboxylic acids is 1. The molecule has 1 amide bonds. The zero-order valence-electron chi connectivity index (χ0n) is 14.6. The Kier molecular flexibility index (Phi) is 6.51. The van der Waals surface area contributed by atoms with E-state index < -0.39 is 12.1 Å². The number of amides is 1. The molecular weight excluding hydrogens is 401 g/mol. The van der Waals surface area contributed by atoms with Gasteiger partial charge in [-0.2, -0.15) is 13.2 Å². The maximum atomic E-state index is 12.1. The van der Waals surface area contributed by atoms with Gasteiger partial charge >= 0.3 is 12.1 Å². The van der Waals surface area contributed by atoms with E-state index in [2.05, 4.69) is 30.2 Å². The second kappa shape index (κ2) is 8.65. The molecule has 3 rings (SSSR count). The molecule has 3 aromatic rings. The number of carboxylic acid groups (broad SMARTS) is 1. The second-order valence-electron chi connectivity index (χ2n) is 5.36. The van der Waals surface area contributed by atoms with E-state index in [0.717, 1.165) is 17.2 Å². The highest BCUT2D eigenvalue weighted by molar-refractivity contribution is 7.13. The van der Waals surface area contributed by atoms with Gasteiger partial charge in [0.25, 0.3) is 5.91 Å². The zero-order chi connectivity index (χ0) is 20.9. The van der Waals surface area contributed by atoms with Gasteiger partial charge in [-0.15, -0.1) is 11.3 Å². The number of nitrogens with one attached hydrogen (secondary N) is 3. The predicted octanol–water partition coefficient (Wildman–Crippen LogP) is 2.44. The number of nitrogens with zero attached hydrogens (tertiary/aromatic N) is 3. The van der Waals surface area contributed by atoms with Crippen molar-refractivity contribution in [2.24, 2.45) is 0 Å². The number of thiazole rings is 1. The molecule has 3 heterocycles. The molecule has 0 saturated carbocycles. The Labute approximate surface area is 160 Å². The Morgan fingerprint density at radius 3 is 2.46 bits per heavy atom. The van der Waals surface area contributed by atoms with Crippen molar-refractivity contribution in [2.45, 2.75) is 26.6 Å². The summed E-state index contributed by atoms with van der Waals surface area (Å²) in [6.45, 7) is 4.22. The molecule has 0 aliphatic carbocycles. The van der Waals surface area contributed by atoms with Gasteiger partial charge < -0.3 is 20.4 Å². The summed E-state index contributed by atoms with van der Waals surface area (Å²) in [6.07, 6.45) is -1.71. The number of alkyl halides is 3. The smallest absolute Gasteiger partial charge is 0.475 e. The van der Waals surface area contributed by atoms with Crippen molar-refractivity contribution in [1.82, 2.24) is 30.2 Å². The minimum atomic E-state index is -5.08. The van der Waals surface area contributed by atoms with Crippen LogP contribution < -0.4 is 5.32 Å². The summed E-state index contributed by atoms with van der Waals surface area (Å²) in [7, 11) is 0. The van der Waals surface area contributed by atoms with Gasteiger partial charge in [-0.3, -0.25) is 4.79 Å². The maximum Gasteiger partial charge on any atom is 0.490 e. The van der Waals surface area contributed by atoms with E-state index in [-0.39, 0.29) is 5.91 Å². The number of carbonyl (C=O) groups excluding carboxylic acids is 1. The topological polar surface area (TPSA) is 137 Å². The summed E-state index contributed by atoms with van der Waals surface area (Å²) in [6, 6.07) is 0. The van der Waals surface area contributed by atoms with E-state index in [4.69, 9.17) is 9.90 Å². The fraction of sp³-hybridized carbons (Fsp3) is 0.267. The molecule has 4 N–H and O–H groups in total. The molecule has 0 atom stereocenters. The zero-order valence-corrected chi connectivity index (χ0v) is 15.4. The number of hydrogen-bond acceptors (Lipinski definition) is 6. The summed E-state index contributed by atoms with van der Waals surface area (Å²) < 4.78 is 31.7. The van der Waals surface area contributed by atoms with Gasteiger partial charge in [-0.1, -0.05) is 0 Å². The second-order valence-corrected chi connectivity index (χ2v) is 6.21. The highest BCUT2D eigenvalue weighted by atomic mass is 32.1. The molecule has 0 radical (unpaired) electrons. The highest BCUT2D eigenvalue weighted by Gasteiger charge is 2.38. The van der Waals surface area contributed by atoms with Crippen LogP contribution in [0, 0.1) is 13.8 Å². The molecule has 13 heteroatoms. The van der Waals surface area contributed by atoms with Crippen molar-refractivity contribution in [3.8, 4) is 10.8 Å². The van der Waals surface area contributed by atoms with Crippen molar-refractivity contribution < 1.29 is 27.9 Å². The quantitative estimate of drug-likeness (QED) is 0.516. The van der Waals surface area contributed by atoms with Crippen molar-refractivity contribution in [1.29, 1.82) is 0 Å². The number of halogens is 3. The van der Waals surface area contributed by atoms with Gasteiger partial charge in [0.1, 0.15) is 11.5 Å². The average Bonchev–Trinajstić information content (AvgIpc) is 3.33. The van der Waals surface area contributed by atoms with E-state index in [1.165, 1.54) is 11.3 Å². The van der Waals surface area contributed by atoms with Gasteiger partial charge in [0.05, 0.1) is 12.2 Å². The molecule has 150 valence electrons. The molecule has 0 aromatic carbocycles. The molecule has 28 heavy (non-hydrogen) atoms. The lowest BCUT2D eigenvalue weighted by atomic mass is 10.4. The third-order valence-electron chi connectivity index (χ3n) is 3.27. The first kappa shape index (κ1) is 21.1. The number of carbonyl (C=O) groups is 2. The molecule has 0 saturated heterocycles. The maximum absolute atomic E-state index is 12.1. The van der Waals surface area contributed by atoms with Gasteiger partial charge in [-0.25, -0.2) is 19.7 Å². The largest absolute Gasteiger partial charge is 0.490 e. The molecule has 0 spiro atoms. The SMILES string of the molecule is Cc1nc(CNC(=O)c2csc(-c3ncc[nH]3)n2)[nH]c1C.O=C(O)C(F)(F)F. The number of H-pyrrole nitrogens is 2. The Morgan fingerprint density at radius 2 is 1.96 bits per heavy atom. The Morgan fingerprint density at radius 1 is 1.29 bits per heavy atom. The first-order valence-corrected chi connectivity index (χ1v) is 8.51. The van der Waals surface area contributed by atoms with Crippen molar-refractivity contribution >= 4 is 23.2 Å². The summed E-state index contributed by atoms with van der Waals surface area (Å²) in [5.41, 5.74) is 2.33. The van der Waals surface area contributed by atoms with Crippen LogP contribution in [0.25, 0.3) is 10.8 Å². The van der Waals surface area contributed by atoms with Crippen molar-refractivity contribution in [3.05, 3.63) is 40.7 Å². The summed E-state index contributed by atoms with van der Waals surface area (Å²) >= 11 is 1.37. The van der Waals surface area contributed by atoms with Crippen LogP contribution in [-0.2, 0) is 11.3 Å². The minimum Gasteiger partial charge on any atom is -0.475 e. The average molecular weight is 416 g/mol. The Hall–Kier alpha value is -3.22. The normalized spacial score (nSPS) is 10.9. The standard InChI is InChI=1S/C13H14N6OS.C2HF3O2/c1-7-8(2)18-10(17-7)5-16-12(20)9-6-21-13(19-9)11-14-3-4-15-11;3-2(4,5)1(6)7/h3-4,6H,5H2,1-2H3,(H,14,15)(H,16,20)(H,17,18);(H,6,7). The van der Waals surface area contributed by atoms with Crippen LogP contribution in [0.4, 0.5) is 13.2 Å². The Bertz CT molecular complexity index is 929. The van der Waals surface area contributed by atoms with Crippen LogP contribution in [0.5, 0.6) is 0 Å². The molecule has 9 nitrogen and oxygen atoms in total. The van der Waals surface area contributed by atoms with Crippen molar-refractivity contribution in [3.63, 3.8) is 0 Å². The predicted molar refractivity (Wildman–Crippen MR) is 92.6 cm³/mol. The van der Waals surface area contributed by atoms with Crippen LogP contribution in [-0.4, -0.2) is 48.1 Å². The number of aromatic amines is 2. The number of aliphatic carboxylic acids is 1. The van der Waals surface area contributed by atoms with Crippen LogP contribution in [0.3, 0.4) is 0 Å². The van der Waals surface area contributed by atoms with E-state index in [1.54, 1.807) is 17.8 Å². The first-order valence-electron chi connectivity index (χ1n) is 7.63. The molecule has 0 unspecified atom stereocenters. The highest BCUT2D eigenvalue weighted by Crippen LogP contribution is 2.19. The number of hydrogen-bond donors (Lipinski definition) is 4. The van der Waals surface area contributed by atoms with Crippen LogP contribution >= 0.6 is 11.3 Å². The van der Waals surface area contributed by atoms with Crippen LogP contribution in [0.15, 0.2) is 17.8 Å². The summed E-state index contributed by atoms with van der Waals surface area (Å²) in [4.78, 5) is 39.7. The van der Waals surface area contributed by atoms with Gasteiger partial charge in [-0.05, 0) is 13.8 Å². The third-order valence-corrected chi connectivity index (χ3v) is 4.12. The lowest BCUT2D eigenvalue weighted by Crippen LogP contribution is -2.23. The number of imidazole rings is 2. The number of rotatable bonds is 4. The molecule has 0 bridgehead atoms. The fourth-order valence-electron chi connectivity index (χ4n) is 1.83. The monoisotopic (exact) mass is 416 g/mol. The molecule has 0 aliphatic heterocycles. The molecule has 0 fully saturated rings. The van der Waals surface area contributed by atoms with E-state index in [9.17, 15) is 18.0 Å². The summed E-state index contributed by atoms with van der Waals surface area (Å²) in [5.74, 6) is -1.58. The minimum absolute atomic E-state index is 0.226. The van der Waals surface area contributed by atoms with Crippen LogP contribution in [0.1, 0.15) is 27.7 Å². The van der Waals surface area contributed by atoms with Gasteiger partial charge in [0, 0.05) is 23.5 Å². The molecule has 0 aliphatic rings. The first-order chi connectivity index (χ1) is 13.1.